The first kappa shape index (κ1) is 11.5. The molecule has 2 rings (SSSR count). The predicted octanol–water partition coefficient (Wildman–Crippen LogP) is 2.20. The molecule has 1 heterocycles. The first-order valence-corrected chi connectivity index (χ1v) is 5.34. The van der Waals surface area contributed by atoms with Crippen LogP contribution in [-0.2, 0) is 0 Å². The van der Waals surface area contributed by atoms with Crippen molar-refractivity contribution >= 4 is 11.8 Å². The van der Waals surface area contributed by atoms with Gasteiger partial charge in [0.2, 0.25) is 0 Å². The Kier molecular flexibility index (Phi) is 3.04. The molecule has 1 aromatic rings. The molecule has 3 nitrogen and oxygen atoms in total. The zero-order valence-corrected chi connectivity index (χ0v) is 9.23. The summed E-state index contributed by atoms with van der Waals surface area (Å²) in [4.78, 5) is 25.0. The SMILES string of the molecule is C=CCC(CF)N1C(=O)c2ccccc2C1=O. The molecule has 1 aliphatic rings. The number of halogens is 1. The average molecular weight is 233 g/mol. The van der Waals surface area contributed by atoms with Crippen LogP contribution in [0.4, 0.5) is 4.39 Å². The number of rotatable bonds is 4. The molecule has 1 unspecified atom stereocenters. The van der Waals surface area contributed by atoms with Crippen molar-refractivity contribution in [3.05, 3.63) is 48.0 Å². The number of carbonyl (C=O) groups is 2. The maximum atomic E-state index is 12.9. The van der Waals surface area contributed by atoms with Gasteiger partial charge in [-0.1, -0.05) is 18.2 Å². The van der Waals surface area contributed by atoms with Crippen LogP contribution >= 0.6 is 0 Å². The standard InChI is InChI=1S/C13H12FNO2/c1-2-5-9(8-14)15-12(16)10-6-3-4-7-11(10)13(15)17/h2-4,6-7,9H,1,5,8H2. The number of hydrogen-bond acceptors (Lipinski definition) is 2. The lowest BCUT2D eigenvalue weighted by atomic mass is 10.1. The third kappa shape index (κ3) is 1.75. The molecule has 1 aromatic carbocycles. The fraction of sp³-hybridized carbons (Fsp3) is 0.231. The first-order chi connectivity index (χ1) is 8.20. The lowest BCUT2D eigenvalue weighted by molar-refractivity contribution is 0.0561. The van der Waals surface area contributed by atoms with Crippen LogP contribution in [0, 0.1) is 0 Å². The summed E-state index contributed by atoms with van der Waals surface area (Å²) in [5, 5.41) is 0. The highest BCUT2D eigenvalue weighted by Gasteiger charge is 2.39. The van der Waals surface area contributed by atoms with Crippen LogP contribution in [0.5, 0.6) is 0 Å². The van der Waals surface area contributed by atoms with Gasteiger partial charge in [-0.25, -0.2) is 4.39 Å². The molecular formula is C13H12FNO2. The second-order valence-corrected chi connectivity index (χ2v) is 3.86. The van der Waals surface area contributed by atoms with E-state index in [-0.39, 0.29) is 6.42 Å². The van der Waals surface area contributed by atoms with Crippen LogP contribution in [0.1, 0.15) is 27.1 Å². The van der Waals surface area contributed by atoms with Crippen LogP contribution in [0.3, 0.4) is 0 Å². The Morgan fingerprint density at radius 3 is 2.18 bits per heavy atom. The summed E-state index contributed by atoms with van der Waals surface area (Å²) in [5.41, 5.74) is 0.694. The Hall–Kier alpha value is -1.97. The molecular weight excluding hydrogens is 221 g/mol. The van der Waals surface area contributed by atoms with Gasteiger partial charge in [0.05, 0.1) is 17.2 Å². The molecule has 0 saturated carbocycles. The molecule has 2 amide bonds. The molecule has 0 fully saturated rings. The van der Waals surface area contributed by atoms with E-state index < -0.39 is 24.5 Å². The van der Waals surface area contributed by atoms with E-state index in [0.29, 0.717) is 11.1 Å². The summed E-state index contributed by atoms with van der Waals surface area (Å²) >= 11 is 0. The van der Waals surface area contributed by atoms with Gasteiger partial charge in [0.25, 0.3) is 11.8 Å². The van der Waals surface area contributed by atoms with E-state index in [1.54, 1.807) is 24.3 Å². The number of imide groups is 1. The number of benzene rings is 1. The van der Waals surface area contributed by atoms with Gasteiger partial charge in [-0.3, -0.25) is 14.5 Å². The molecule has 88 valence electrons. The summed E-state index contributed by atoms with van der Waals surface area (Å²) in [5.74, 6) is -0.842. The van der Waals surface area contributed by atoms with Crippen molar-refractivity contribution in [1.29, 1.82) is 0 Å². The van der Waals surface area contributed by atoms with Gasteiger partial charge in [-0.15, -0.1) is 6.58 Å². The lowest BCUT2D eigenvalue weighted by Crippen LogP contribution is -2.40. The number of amides is 2. The number of nitrogens with zero attached hydrogens (tertiary/aromatic N) is 1. The normalized spacial score (nSPS) is 15.9. The van der Waals surface area contributed by atoms with Crippen molar-refractivity contribution in [2.75, 3.05) is 6.67 Å². The fourth-order valence-electron chi connectivity index (χ4n) is 1.97. The molecule has 0 N–H and O–H groups in total. The van der Waals surface area contributed by atoms with Crippen LogP contribution in [0.2, 0.25) is 0 Å². The summed E-state index contributed by atoms with van der Waals surface area (Å²) in [6.45, 7) is 2.75. The summed E-state index contributed by atoms with van der Waals surface area (Å²) < 4.78 is 12.9. The van der Waals surface area contributed by atoms with Crippen molar-refractivity contribution in [3.63, 3.8) is 0 Å². The topological polar surface area (TPSA) is 37.4 Å². The van der Waals surface area contributed by atoms with Crippen molar-refractivity contribution in [1.82, 2.24) is 4.90 Å². The van der Waals surface area contributed by atoms with Gasteiger partial charge in [-0.05, 0) is 18.6 Å². The Balaban J connectivity index is 2.38. The Bertz CT molecular complexity index is 449. The van der Waals surface area contributed by atoms with E-state index in [0.717, 1.165) is 4.90 Å². The second-order valence-electron chi connectivity index (χ2n) is 3.86. The summed E-state index contributed by atoms with van der Waals surface area (Å²) in [6.07, 6.45) is 1.77. The fourth-order valence-corrected chi connectivity index (χ4v) is 1.97. The van der Waals surface area contributed by atoms with E-state index >= 15 is 0 Å². The number of fused-ring (bicyclic) bond motifs is 1. The van der Waals surface area contributed by atoms with E-state index in [4.69, 9.17) is 0 Å². The largest absolute Gasteiger partial charge is 0.269 e. The molecule has 0 saturated heterocycles. The Labute approximate surface area is 98.5 Å². The molecule has 1 atom stereocenters. The highest BCUT2D eigenvalue weighted by Crippen LogP contribution is 2.25. The third-order valence-electron chi connectivity index (χ3n) is 2.81. The van der Waals surface area contributed by atoms with Crippen molar-refractivity contribution in [3.8, 4) is 0 Å². The monoisotopic (exact) mass is 233 g/mol. The van der Waals surface area contributed by atoms with Crippen LogP contribution in [-0.4, -0.2) is 29.4 Å². The van der Waals surface area contributed by atoms with Gasteiger partial charge in [0, 0.05) is 0 Å². The van der Waals surface area contributed by atoms with E-state index in [2.05, 4.69) is 6.58 Å². The quantitative estimate of drug-likeness (QED) is 0.590. The van der Waals surface area contributed by atoms with Gasteiger partial charge in [-0.2, -0.15) is 0 Å². The maximum Gasteiger partial charge on any atom is 0.261 e. The van der Waals surface area contributed by atoms with Crippen molar-refractivity contribution in [2.24, 2.45) is 0 Å². The Morgan fingerprint density at radius 2 is 1.76 bits per heavy atom. The molecule has 1 aliphatic heterocycles. The molecule has 0 aromatic heterocycles. The van der Waals surface area contributed by atoms with Gasteiger partial charge in [0.15, 0.2) is 0 Å². The first-order valence-electron chi connectivity index (χ1n) is 5.34. The minimum absolute atomic E-state index is 0.266. The zero-order chi connectivity index (χ0) is 12.4. The van der Waals surface area contributed by atoms with Crippen LogP contribution < -0.4 is 0 Å². The number of hydrogen-bond donors (Lipinski definition) is 0. The van der Waals surface area contributed by atoms with E-state index in [1.807, 2.05) is 0 Å². The van der Waals surface area contributed by atoms with Gasteiger partial charge < -0.3 is 0 Å². The molecule has 4 heteroatoms. The van der Waals surface area contributed by atoms with E-state index in [9.17, 15) is 14.0 Å². The summed E-state index contributed by atoms with van der Waals surface area (Å²) in [6, 6.07) is 5.79. The lowest BCUT2D eigenvalue weighted by Gasteiger charge is -2.22. The van der Waals surface area contributed by atoms with Gasteiger partial charge in [0.1, 0.15) is 6.67 Å². The Morgan fingerprint density at radius 1 is 1.24 bits per heavy atom. The maximum absolute atomic E-state index is 12.9. The molecule has 0 radical (unpaired) electrons. The molecule has 0 spiro atoms. The molecule has 0 bridgehead atoms. The smallest absolute Gasteiger partial charge is 0.261 e. The predicted molar refractivity (Wildman–Crippen MR) is 61.5 cm³/mol. The van der Waals surface area contributed by atoms with Crippen molar-refractivity contribution < 1.29 is 14.0 Å². The van der Waals surface area contributed by atoms with Crippen LogP contribution in [0.15, 0.2) is 36.9 Å². The van der Waals surface area contributed by atoms with E-state index in [1.165, 1.54) is 6.08 Å². The third-order valence-corrected chi connectivity index (χ3v) is 2.81. The number of carbonyl (C=O) groups excluding carboxylic acids is 2. The summed E-state index contributed by atoms with van der Waals surface area (Å²) in [7, 11) is 0. The highest BCUT2D eigenvalue weighted by atomic mass is 19.1. The highest BCUT2D eigenvalue weighted by molar-refractivity contribution is 6.21. The molecule has 17 heavy (non-hydrogen) atoms. The van der Waals surface area contributed by atoms with Gasteiger partial charge >= 0.3 is 0 Å². The zero-order valence-electron chi connectivity index (χ0n) is 9.23. The average Bonchev–Trinajstić information content (AvgIpc) is 2.61. The second kappa shape index (κ2) is 4.49. The minimum atomic E-state index is -0.752. The van der Waals surface area contributed by atoms with Crippen molar-refractivity contribution in [2.45, 2.75) is 12.5 Å². The molecule has 0 aliphatic carbocycles. The number of alkyl halides is 1. The minimum Gasteiger partial charge on any atom is -0.269 e. The van der Waals surface area contributed by atoms with Crippen LogP contribution in [0.25, 0.3) is 0 Å².